The molecule has 7 heteroatoms. The molecule has 1 aromatic heterocycles. The van der Waals surface area contributed by atoms with Gasteiger partial charge in [0.05, 0.1) is 18.3 Å². The number of piperidine rings is 1. The third-order valence-corrected chi connectivity index (χ3v) is 6.26. The first-order valence-corrected chi connectivity index (χ1v) is 10.6. The number of amides is 1. The van der Waals surface area contributed by atoms with Crippen molar-refractivity contribution >= 4 is 29.1 Å². The van der Waals surface area contributed by atoms with Crippen molar-refractivity contribution in [2.24, 2.45) is 0 Å². The maximum absolute atomic E-state index is 13.4. The molecule has 2 heterocycles. The van der Waals surface area contributed by atoms with Crippen LogP contribution in [0.4, 0.5) is 0 Å². The Morgan fingerprint density at radius 1 is 1.10 bits per heavy atom. The number of hydrogen-bond donors (Lipinski definition) is 1. The van der Waals surface area contributed by atoms with Gasteiger partial charge < -0.3 is 10.2 Å². The van der Waals surface area contributed by atoms with Gasteiger partial charge in [-0.15, -0.1) is 17.5 Å². The molecular weight excluding hydrogens is 398 g/mol. The van der Waals surface area contributed by atoms with Gasteiger partial charge in [0.15, 0.2) is 5.69 Å². The summed E-state index contributed by atoms with van der Waals surface area (Å²) in [5, 5.41) is 14.3. The van der Waals surface area contributed by atoms with Crippen molar-refractivity contribution in [3.63, 3.8) is 0 Å². The van der Waals surface area contributed by atoms with E-state index in [-0.39, 0.29) is 24.4 Å². The minimum Gasteiger partial charge on any atom is -0.327 e. The van der Waals surface area contributed by atoms with Crippen LogP contribution < -0.4 is 5.32 Å². The Morgan fingerprint density at radius 2 is 1.83 bits per heavy atom. The third kappa shape index (κ3) is 4.07. The van der Waals surface area contributed by atoms with Gasteiger partial charge >= 0.3 is 0 Å². The number of aromatic nitrogens is 3. The predicted octanol–water partition coefficient (Wildman–Crippen LogP) is 4.14. The van der Waals surface area contributed by atoms with Gasteiger partial charge in [-0.05, 0) is 68.1 Å². The zero-order valence-corrected chi connectivity index (χ0v) is 18.0. The first kappa shape index (κ1) is 20.8. The first-order chi connectivity index (χ1) is 14.2. The molecule has 1 aliphatic carbocycles. The molecule has 5 rings (SSSR count). The summed E-state index contributed by atoms with van der Waals surface area (Å²) in [4.78, 5) is 15.4. The lowest BCUT2D eigenvalue weighted by atomic mass is 10.0. The van der Waals surface area contributed by atoms with E-state index in [4.69, 9.17) is 0 Å². The summed E-state index contributed by atoms with van der Waals surface area (Å²) in [5.74, 6) is -0.00616. The second-order valence-electron chi connectivity index (χ2n) is 8.29. The van der Waals surface area contributed by atoms with Crippen LogP contribution in [0.1, 0.15) is 60.7 Å². The van der Waals surface area contributed by atoms with E-state index >= 15 is 0 Å². The molecule has 1 aliphatic heterocycles. The van der Waals surface area contributed by atoms with Crippen LogP contribution in [0, 0.1) is 0 Å². The van der Waals surface area contributed by atoms with Crippen molar-refractivity contribution in [2.45, 2.75) is 50.7 Å². The number of carbonyl (C=O) groups excluding carboxylic acids is 1. The average Bonchev–Trinajstić information content (AvgIpc) is 3.47. The van der Waals surface area contributed by atoms with Crippen LogP contribution in [0.15, 0.2) is 48.7 Å². The van der Waals surface area contributed by atoms with Crippen molar-refractivity contribution in [1.82, 2.24) is 25.2 Å². The molecule has 0 spiro atoms. The Hall–Kier alpha value is -2.44. The SMILES string of the molecule is CC(c1ccc2ccccc2c1)N(C(=O)c1cn(C2CCNCC2)nn1)C1CC1.Cl. The molecule has 0 radical (unpaired) electrons. The lowest BCUT2D eigenvalue weighted by Gasteiger charge is -2.29. The van der Waals surface area contributed by atoms with E-state index in [0.717, 1.165) is 44.3 Å². The summed E-state index contributed by atoms with van der Waals surface area (Å²) < 4.78 is 1.89. The molecule has 1 saturated heterocycles. The Balaban J connectivity index is 0.00000218. The standard InChI is InChI=1S/C23H27N5O.ClH/c1-16(18-7-6-17-4-2-3-5-19(17)14-18)28(21-8-9-21)23(29)22-15-27(26-25-22)20-10-12-24-13-11-20;/h2-7,14-16,20-21,24H,8-13H2,1H3;1H. The van der Waals surface area contributed by atoms with E-state index in [0.29, 0.717) is 17.8 Å². The maximum atomic E-state index is 13.4. The largest absolute Gasteiger partial charge is 0.327 e. The summed E-state index contributed by atoms with van der Waals surface area (Å²) in [6, 6.07) is 15.5. The molecule has 0 bridgehead atoms. The molecule has 6 nitrogen and oxygen atoms in total. The lowest BCUT2D eigenvalue weighted by molar-refractivity contribution is 0.0667. The molecule has 1 atom stereocenters. The van der Waals surface area contributed by atoms with Crippen molar-refractivity contribution < 1.29 is 4.79 Å². The molecule has 2 aromatic carbocycles. The van der Waals surface area contributed by atoms with Crippen LogP contribution in [-0.2, 0) is 0 Å². The molecule has 1 saturated carbocycles. The quantitative estimate of drug-likeness (QED) is 0.667. The maximum Gasteiger partial charge on any atom is 0.276 e. The first-order valence-electron chi connectivity index (χ1n) is 10.6. The molecule has 3 aromatic rings. The van der Waals surface area contributed by atoms with Gasteiger partial charge in [0.2, 0.25) is 0 Å². The van der Waals surface area contributed by atoms with Crippen LogP contribution in [0.3, 0.4) is 0 Å². The molecule has 30 heavy (non-hydrogen) atoms. The number of nitrogens with one attached hydrogen (secondary N) is 1. The van der Waals surface area contributed by atoms with E-state index in [1.807, 2.05) is 15.8 Å². The summed E-state index contributed by atoms with van der Waals surface area (Å²) in [6.07, 6.45) is 6.02. The highest BCUT2D eigenvalue weighted by molar-refractivity contribution is 5.93. The minimum absolute atomic E-state index is 0. The number of halogens is 1. The highest BCUT2D eigenvalue weighted by atomic mass is 35.5. The summed E-state index contributed by atoms with van der Waals surface area (Å²) >= 11 is 0. The van der Waals surface area contributed by atoms with E-state index in [1.165, 1.54) is 10.8 Å². The van der Waals surface area contributed by atoms with Crippen LogP contribution in [0.5, 0.6) is 0 Å². The van der Waals surface area contributed by atoms with Crippen molar-refractivity contribution in [3.05, 3.63) is 59.9 Å². The fourth-order valence-electron chi connectivity index (χ4n) is 4.40. The van der Waals surface area contributed by atoms with Gasteiger partial charge in [0, 0.05) is 6.04 Å². The number of hydrogen-bond acceptors (Lipinski definition) is 4. The Labute approximate surface area is 183 Å². The van der Waals surface area contributed by atoms with E-state index in [2.05, 4.69) is 65.0 Å². The monoisotopic (exact) mass is 425 g/mol. The topological polar surface area (TPSA) is 63.1 Å². The number of carbonyl (C=O) groups is 1. The van der Waals surface area contributed by atoms with Crippen LogP contribution in [0.25, 0.3) is 10.8 Å². The molecule has 2 fully saturated rings. The third-order valence-electron chi connectivity index (χ3n) is 6.26. The predicted molar refractivity (Wildman–Crippen MR) is 120 cm³/mol. The molecule has 1 amide bonds. The van der Waals surface area contributed by atoms with Gasteiger partial charge in [-0.25, -0.2) is 4.68 Å². The van der Waals surface area contributed by atoms with Crippen LogP contribution in [0.2, 0.25) is 0 Å². The summed E-state index contributed by atoms with van der Waals surface area (Å²) in [7, 11) is 0. The van der Waals surface area contributed by atoms with Crippen molar-refractivity contribution in [3.8, 4) is 0 Å². The Morgan fingerprint density at radius 3 is 2.57 bits per heavy atom. The van der Waals surface area contributed by atoms with E-state index in [9.17, 15) is 4.79 Å². The van der Waals surface area contributed by atoms with Gasteiger partial charge in [0.1, 0.15) is 0 Å². The second-order valence-corrected chi connectivity index (χ2v) is 8.29. The molecule has 1 unspecified atom stereocenters. The van der Waals surface area contributed by atoms with Crippen LogP contribution >= 0.6 is 12.4 Å². The smallest absolute Gasteiger partial charge is 0.276 e. The van der Waals surface area contributed by atoms with Gasteiger partial charge in [0.25, 0.3) is 5.91 Å². The highest BCUT2D eigenvalue weighted by Gasteiger charge is 2.38. The van der Waals surface area contributed by atoms with Crippen molar-refractivity contribution in [2.75, 3.05) is 13.1 Å². The number of rotatable bonds is 5. The van der Waals surface area contributed by atoms with Gasteiger partial charge in [-0.3, -0.25) is 4.79 Å². The Bertz CT molecular complexity index is 1030. The molecule has 1 N–H and O–H groups in total. The number of nitrogens with zero attached hydrogens (tertiary/aromatic N) is 4. The van der Waals surface area contributed by atoms with E-state index < -0.39 is 0 Å². The lowest BCUT2D eigenvalue weighted by Crippen LogP contribution is -2.35. The number of benzene rings is 2. The number of fused-ring (bicyclic) bond motifs is 1. The highest BCUT2D eigenvalue weighted by Crippen LogP contribution is 2.36. The van der Waals surface area contributed by atoms with Gasteiger partial charge in [-0.1, -0.05) is 41.6 Å². The molecule has 2 aliphatic rings. The summed E-state index contributed by atoms with van der Waals surface area (Å²) in [5.41, 5.74) is 1.62. The zero-order chi connectivity index (χ0) is 19.8. The second kappa shape index (κ2) is 8.74. The normalized spacial score (nSPS) is 18.0. The van der Waals surface area contributed by atoms with Crippen molar-refractivity contribution in [1.29, 1.82) is 0 Å². The molecular formula is C23H28ClN5O. The molecule has 158 valence electrons. The van der Waals surface area contributed by atoms with E-state index in [1.54, 1.807) is 0 Å². The summed E-state index contributed by atoms with van der Waals surface area (Å²) in [6.45, 7) is 4.10. The van der Waals surface area contributed by atoms with Gasteiger partial charge in [-0.2, -0.15) is 0 Å². The zero-order valence-electron chi connectivity index (χ0n) is 17.2. The Kier molecular flexibility index (Phi) is 6.06. The fourth-order valence-corrected chi connectivity index (χ4v) is 4.40. The minimum atomic E-state index is -0.00616. The van der Waals surface area contributed by atoms with Crippen LogP contribution in [-0.4, -0.2) is 44.9 Å². The fraction of sp³-hybridized carbons (Fsp3) is 0.435. The average molecular weight is 426 g/mol.